The highest BCUT2D eigenvalue weighted by atomic mass is 16.5. The molecule has 1 atom stereocenters. The van der Waals surface area contributed by atoms with E-state index in [0.717, 1.165) is 17.5 Å². The van der Waals surface area contributed by atoms with Gasteiger partial charge in [0.2, 0.25) is 0 Å². The van der Waals surface area contributed by atoms with E-state index >= 15 is 0 Å². The maximum Gasteiger partial charge on any atom is 0.318 e. The third-order valence-electron chi connectivity index (χ3n) is 4.67. The molecule has 8 nitrogen and oxygen atoms in total. The molecule has 4 amide bonds. The number of amides is 4. The second-order valence-corrected chi connectivity index (χ2v) is 7.11. The highest BCUT2D eigenvalue weighted by Gasteiger charge is 2.32. The van der Waals surface area contributed by atoms with E-state index in [9.17, 15) is 9.59 Å². The van der Waals surface area contributed by atoms with Crippen LogP contribution in [0.15, 0.2) is 12.1 Å². The fourth-order valence-corrected chi connectivity index (χ4v) is 3.31. The summed E-state index contributed by atoms with van der Waals surface area (Å²) in [5.74, 6) is 1.27. The van der Waals surface area contributed by atoms with Crippen molar-refractivity contribution in [2.75, 3.05) is 33.9 Å². The highest BCUT2D eigenvalue weighted by molar-refractivity contribution is 5.76. The fourth-order valence-electron chi connectivity index (χ4n) is 3.31. The standard InChI is InChI=1S/C20H32N4O4/c1-6-8-21-19(25)22-12-16-15-11-18(28-5)17(27-4)10-14(15)7-9-24(16)20(26)23-13(2)3/h10-11,13,16H,6-9,12H2,1-5H3,(H,23,26)(H2,21,22,25). The molecule has 0 saturated heterocycles. The minimum Gasteiger partial charge on any atom is -0.493 e. The zero-order chi connectivity index (χ0) is 20.7. The van der Waals surface area contributed by atoms with Crippen molar-refractivity contribution in [2.45, 2.75) is 45.7 Å². The van der Waals surface area contributed by atoms with Crippen LogP contribution in [0.2, 0.25) is 0 Å². The number of methoxy groups -OCH3 is 2. The molecular weight excluding hydrogens is 360 g/mol. The van der Waals surface area contributed by atoms with Gasteiger partial charge in [-0.2, -0.15) is 0 Å². The van der Waals surface area contributed by atoms with Crippen molar-refractivity contribution in [1.29, 1.82) is 0 Å². The van der Waals surface area contributed by atoms with Crippen molar-refractivity contribution in [2.24, 2.45) is 0 Å². The van der Waals surface area contributed by atoms with Gasteiger partial charge >= 0.3 is 12.1 Å². The molecule has 1 aliphatic rings. The number of ether oxygens (including phenoxy) is 2. The van der Waals surface area contributed by atoms with E-state index in [4.69, 9.17) is 9.47 Å². The maximum absolute atomic E-state index is 12.8. The molecule has 0 radical (unpaired) electrons. The van der Waals surface area contributed by atoms with Crippen LogP contribution < -0.4 is 25.4 Å². The summed E-state index contributed by atoms with van der Waals surface area (Å²) >= 11 is 0. The van der Waals surface area contributed by atoms with E-state index in [1.54, 1.807) is 19.1 Å². The summed E-state index contributed by atoms with van der Waals surface area (Å²) in [6, 6.07) is 3.21. The van der Waals surface area contributed by atoms with Crippen molar-refractivity contribution >= 4 is 12.1 Å². The molecule has 0 saturated carbocycles. The molecule has 1 aromatic rings. The lowest BCUT2D eigenvalue weighted by atomic mass is 9.92. The Labute approximate surface area is 166 Å². The van der Waals surface area contributed by atoms with Crippen LogP contribution in [0.4, 0.5) is 9.59 Å². The van der Waals surface area contributed by atoms with Gasteiger partial charge in [0.15, 0.2) is 11.5 Å². The van der Waals surface area contributed by atoms with E-state index in [1.807, 2.05) is 32.9 Å². The second kappa shape index (κ2) is 10.1. The lowest BCUT2D eigenvalue weighted by molar-refractivity contribution is 0.164. The monoisotopic (exact) mass is 392 g/mol. The predicted molar refractivity (Wildman–Crippen MR) is 108 cm³/mol. The van der Waals surface area contributed by atoms with E-state index in [0.29, 0.717) is 37.6 Å². The summed E-state index contributed by atoms with van der Waals surface area (Å²) in [6.45, 7) is 7.32. The molecule has 0 fully saturated rings. The van der Waals surface area contributed by atoms with Gasteiger partial charge in [0.25, 0.3) is 0 Å². The van der Waals surface area contributed by atoms with Gasteiger partial charge in [0.05, 0.1) is 20.3 Å². The molecule has 1 unspecified atom stereocenters. The Hall–Kier alpha value is -2.64. The third kappa shape index (κ3) is 5.21. The lowest BCUT2D eigenvalue weighted by Gasteiger charge is -2.38. The molecule has 0 aromatic heterocycles. The SMILES string of the molecule is CCCNC(=O)NCC1c2cc(OC)c(OC)cc2CCN1C(=O)NC(C)C. The number of fused-ring (bicyclic) bond motifs is 1. The maximum atomic E-state index is 12.8. The number of urea groups is 2. The van der Waals surface area contributed by atoms with Crippen LogP contribution in [0.25, 0.3) is 0 Å². The molecule has 0 spiro atoms. The fraction of sp³-hybridized carbons (Fsp3) is 0.600. The van der Waals surface area contributed by atoms with Gasteiger partial charge in [0.1, 0.15) is 0 Å². The zero-order valence-electron chi connectivity index (χ0n) is 17.4. The number of nitrogens with zero attached hydrogens (tertiary/aromatic N) is 1. The zero-order valence-corrected chi connectivity index (χ0v) is 17.4. The van der Waals surface area contributed by atoms with E-state index in [-0.39, 0.29) is 24.1 Å². The van der Waals surface area contributed by atoms with Gasteiger partial charge in [0, 0.05) is 25.7 Å². The van der Waals surface area contributed by atoms with Gasteiger partial charge in [-0.05, 0) is 49.9 Å². The van der Waals surface area contributed by atoms with Crippen LogP contribution in [0, 0.1) is 0 Å². The van der Waals surface area contributed by atoms with Gasteiger partial charge in [-0.3, -0.25) is 0 Å². The number of hydrogen-bond acceptors (Lipinski definition) is 4. The molecular formula is C20H32N4O4. The molecule has 28 heavy (non-hydrogen) atoms. The quantitative estimate of drug-likeness (QED) is 0.665. The van der Waals surface area contributed by atoms with Gasteiger partial charge < -0.3 is 30.3 Å². The normalized spacial score (nSPS) is 15.6. The average molecular weight is 393 g/mol. The summed E-state index contributed by atoms with van der Waals surface area (Å²) in [7, 11) is 3.19. The number of carbonyl (C=O) groups is 2. The van der Waals surface area contributed by atoms with E-state index < -0.39 is 0 Å². The minimum atomic E-state index is -0.297. The van der Waals surface area contributed by atoms with Gasteiger partial charge in [-0.15, -0.1) is 0 Å². The average Bonchev–Trinajstić information content (AvgIpc) is 2.68. The van der Waals surface area contributed by atoms with Crippen molar-refractivity contribution in [3.8, 4) is 11.5 Å². The van der Waals surface area contributed by atoms with E-state index in [1.165, 1.54) is 0 Å². The number of hydrogen-bond donors (Lipinski definition) is 3. The van der Waals surface area contributed by atoms with Crippen LogP contribution in [0.5, 0.6) is 11.5 Å². The number of benzene rings is 1. The van der Waals surface area contributed by atoms with E-state index in [2.05, 4.69) is 16.0 Å². The van der Waals surface area contributed by atoms with Crippen LogP contribution in [-0.2, 0) is 6.42 Å². The topological polar surface area (TPSA) is 91.9 Å². The number of carbonyl (C=O) groups excluding carboxylic acids is 2. The summed E-state index contributed by atoms with van der Waals surface area (Å²) in [5, 5.41) is 8.64. The Bertz CT molecular complexity index is 693. The molecule has 0 aliphatic carbocycles. The van der Waals surface area contributed by atoms with Crippen LogP contribution in [0.3, 0.4) is 0 Å². The highest BCUT2D eigenvalue weighted by Crippen LogP contribution is 2.38. The van der Waals surface area contributed by atoms with Crippen molar-refractivity contribution in [1.82, 2.24) is 20.9 Å². The van der Waals surface area contributed by atoms with Crippen LogP contribution >= 0.6 is 0 Å². The Morgan fingerprint density at radius 1 is 1.18 bits per heavy atom. The Morgan fingerprint density at radius 2 is 1.86 bits per heavy atom. The molecule has 156 valence electrons. The first-order chi connectivity index (χ1) is 13.4. The smallest absolute Gasteiger partial charge is 0.318 e. The molecule has 1 aromatic carbocycles. The Morgan fingerprint density at radius 3 is 2.46 bits per heavy atom. The van der Waals surface area contributed by atoms with Crippen LogP contribution in [-0.4, -0.2) is 56.9 Å². The predicted octanol–water partition coefficient (Wildman–Crippen LogP) is 2.43. The van der Waals surface area contributed by atoms with Crippen molar-refractivity contribution in [3.63, 3.8) is 0 Å². The third-order valence-corrected chi connectivity index (χ3v) is 4.67. The summed E-state index contributed by atoms with van der Waals surface area (Å²) in [6.07, 6.45) is 1.57. The number of nitrogens with one attached hydrogen (secondary N) is 3. The number of rotatable bonds is 7. The minimum absolute atomic E-state index is 0.0285. The van der Waals surface area contributed by atoms with Gasteiger partial charge in [-0.1, -0.05) is 6.92 Å². The first kappa shape index (κ1) is 21.7. The molecule has 2 rings (SSSR count). The first-order valence-corrected chi connectivity index (χ1v) is 9.74. The molecule has 1 aliphatic heterocycles. The largest absolute Gasteiger partial charge is 0.493 e. The van der Waals surface area contributed by atoms with Crippen molar-refractivity contribution in [3.05, 3.63) is 23.3 Å². The van der Waals surface area contributed by atoms with Crippen LogP contribution in [0.1, 0.15) is 44.4 Å². The van der Waals surface area contributed by atoms with Crippen molar-refractivity contribution < 1.29 is 19.1 Å². The first-order valence-electron chi connectivity index (χ1n) is 9.74. The summed E-state index contributed by atoms with van der Waals surface area (Å²) in [4.78, 5) is 26.6. The second-order valence-electron chi connectivity index (χ2n) is 7.11. The lowest BCUT2D eigenvalue weighted by Crippen LogP contribution is -2.51. The Balaban J connectivity index is 2.31. The molecule has 1 heterocycles. The molecule has 0 bridgehead atoms. The van der Waals surface area contributed by atoms with Gasteiger partial charge in [-0.25, -0.2) is 9.59 Å². The molecule has 8 heteroatoms. The molecule has 3 N–H and O–H groups in total. The Kier molecular flexibility index (Phi) is 7.78. The summed E-state index contributed by atoms with van der Waals surface area (Å²) < 4.78 is 10.9. The summed E-state index contributed by atoms with van der Waals surface area (Å²) in [5.41, 5.74) is 2.05.